The van der Waals surface area contributed by atoms with Crippen LogP contribution in [0.2, 0.25) is 0 Å². The third-order valence-corrected chi connectivity index (χ3v) is 6.00. The molecule has 0 amide bonds. The molecule has 5 heteroatoms. The Labute approximate surface area is 206 Å². The van der Waals surface area contributed by atoms with Crippen molar-refractivity contribution in [3.8, 4) is 5.75 Å². The molecule has 4 nitrogen and oxygen atoms in total. The summed E-state index contributed by atoms with van der Waals surface area (Å²) in [6, 6.07) is 34.8. The molecule has 0 saturated heterocycles. The molecule has 0 saturated carbocycles. The summed E-state index contributed by atoms with van der Waals surface area (Å²) < 4.78 is 8.85. The number of ether oxygens (including phenoxy) is 1. The first-order chi connectivity index (χ1) is 16.7. The number of rotatable bonds is 6. The summed E-state index contributed by atoms with van der Waals surface area (Å²) in [6.07, 6.45) is 1.82. The first-order valence-electron chi connectivity index (χ1n) is 10.9. The second kappa shape index (κ2) is 9.89. The highest BCUT2D eigenvalue weighted by Gasteiger charge is 2.18. The van der Waals surface area contributed by atoms with Crippen molar-refractivity contribution in [3.05, 3.63) is 131 Å². The number of hydrogen-bond acceptors (Lipinski definition) is 3. The van der Waals surface area contributed by atoms with Crippen LogP contribution in [0.1, 0.15) is 17.0 Å². The Hall–Kier alpha value is -3.96. The van der Waals surface area contributed by atoms with Gasteiger partial charge in [-0.05, 0) is 53.6 Å². The molecule has 0 aliphatic rings. The monoisotopic (exact) mass is 508 g/mol. The predicted octanol–water partition coefficient (Wildman–Crippen LogP) is 6.99. The molecular weight excluding hydrogens is 488 g/mol. The highest BCUT2D eigenvalue weighted by Crippen LogP contribution is 2.25. The van der Waals surface area contributed by atoms with E-state index in [0.717, 1.165) is 26.6 Å². The van der Waals surface area contributed by atoms with E-state index in [4.69, 9.17) is 9.72 Å². The molecule has 0 bridgehead atoms. The van der Waals surface area contributed by atoms with Gasteiger partial charge < -0.3 is 9.30 Å². The molecule has 0 atom stereocenters. The number of imidazole rings is 1. The van der Waals surface area contributed by atoms with Gasteiger partial charge in [0.05, 0.1) is 16.6 Å². The fourth-order valence-electron chi connectivity index (χ4n) is 3.80. The number of hydrogen-bond donors (Lipinski definition) is 0. The van der Waals surface area contributed by atoms with Crippen LogP contribution in [-0.2, 0) is 11.3 Å². The third kappa shape index (κ3) is 4.85. The van der Waals surface area contributed by atoms with Crippen LogP contribution >= 0.6 is 15.9 Å². The quantitative estimate of drug-likeness (QED) is 0.141. The van der Waals surface area contributed by atoms with Crippen molar-refractivity contribution in [3.63, 3.8) is 0 Å². The lowest BCUT2D eigenvalue weighted by molar-refractivity contribution is -0.127. The maximum absolute atomic E-state index is 13.3. The summed E-state index contributed by atoms with van der Waals surface area (Å²) in [5.41, 5.74) is 4.21. The van der Waals surface area contributed by atoms with Crippen LogP contribution in [0, 0.1) is 0 Å². The molecule has 0 fully saturated rings. The number of fused-ring (bicyclic) bond motifs is 1. The van der Waals surface area contributed by atoms with Gasteiger partial charge in [-0.15, -0.1) is 0 Å². The summed E-state index contributed by atoms with van der Waals surface area (Å²) in [5.74, 6) is 0.755. The maximum atomic E-state index is 13.3. The molecule has 0 aliphatic carbocycles. The van der Waals surface area contributed by atoms with Gasteiger partial charge in [-0.1, -0.05) is 88.7 Å². The standard InChI is InChI=1S/C29H21BrN2O2/c30-23-17-15-21(16-18-23)20-32-27-14-8-7-13-26(27)31-28(32)19-25(22-9-3-1-4-10-22)29(33)34-24-11-5-2-6-12-24/h1-19H,20H2/b25-19+. The average molecular weight is 509 g/mol. The van der Waals surface area contributed by atoms with Gasteiger partial charge in [0.2, 0.25) is 0 Å². The van der Waals surface area contributed by atoms with Gasteiger partial charge in [-0.25, -0.2) is 9.78 Å². The molecule has 0 spiro atoms. The van der Waals surface area contributed by atoms with Crippen LogP contribution in [0.25, 0.3) is 22.7 Å². The van der Waals surface area contributed by atoms with E-state index in [9.17, 15) is 4.79 Å². The van der Waals surface area contributed by atoms with E-state index in [0.29, 0.717) is 23.7 Å². The second-order valence-electron chi connectivity index (χ2n) is 7.80. The van der Waals surface area contributed by atoms with E-state index in [1.54, 1.807) is 12.1 Å². The van der Waals surface area contributed by atoms with Crippen molar-refractivity contribution in [1.82, 2.24) is 9.55 Å². The van der Waals surface area contributed by atoms with E-state index in [2.05, 4.69) is 32.6 Å². The average Bonchev–Trinajstić information content (AvgIpc) is 3.22. The van der Waals surface area contributed by atoms with E-state index < -0.39 is 5.97 Å². The Morgan fingerprint density at radius 1 is 0.824 bits per heavy atom. The van der Waals surface area contributed by atoms with E-state index in [1.807, 2.05) is 91.0 Å². The van der Waals surface area contributed by atoms with Crippen molar-refractivity contribution in [1.29, 1.82) is 0 Å². The third-order valence-electron chi connectivity index (χ3n) is 5.47. The maximum Gasteiger partial charge on any atom is 0.344 e. The normalized spacial score (nSPS) is 11.5. The molecule has 5 aromatic rings. The van der Waals surface area contributed by atoms with E-state index in [-0.39, 0.29) is 0 Å². The summed E-state index contributed by atoms with van der Waals surface area (Å²) >= 11 is 3.50. The zero-order valence-corrected chi connectivity index (χ0v) is 19.9. The van der Waals surface area contributed by atoms with Crippen molar-refractivity contribution in [2.45, 2.75) is 6.54 Å². The number of aromatic nitrogens is 2. The minimum Gasteiger partial charge on any atom is -0.423 e. The minimum absolute atomic E-state index is 0.431. The van der Waals surface area contributed by atoms with Crippen LogP contribution in [0.15, 0.2) is 114 Å². The fourth-order valence-corrected chi connectivity index (χ4v) is 4.06. The smallest absolute Gasteiger partial charge is 0.344 e. The summed E-state index contributed by atoms with van der Waals surface area (Å²) in [5, 5.41) is 0. The molecule has 34 heavy (non-hydrogen) atoms. The van der Waals surface area contributed by atoms with Gasteiger partial charge in [0.15, 0.2) is 0 Å². The van der Waals surface area contributed by atoms with Gasteiger partial charge in [-0.2, -0.15) is 0 Å². The van der Waals surface area contributed by atoms with Crippen LogP contribution in [-0.4, -0.2) is 15.5 Å². The topological polar surface area (TPSA) is 44.1 Å². The second-order valence-corrected chi connectivity index (χ2v) is 8.71. The van der Waals surface area contributed by atoms with Crippen molar-refractivity contribution < 1.29 is 9.53 Å². The Morgan fingerprint density at radius 2 is 1.47 bits per heavy atom. The van der Waals surface area contributed by atoms with Gasteiger partial charge in [0.1, 0.15) is 11.6 Å². The Bertz CT molecular complexity index is 1460. The molecule has 1 aromatic heterocycles. The van der Waals surface area contributed by atoms with Crippen molar-refractivity contribution in [2.75, 3.05) is 0 Å². The lowest BCUT2D eigenvalue weighted by Gasteiger charge is -2.11. The highest BCUT2D eigenvalue weighted by molar-refractivity contribution is 9.10. The zero-order chi connectivity index (χ0) is 23.3. The Morgan fingerprint density at radius 3 is 2.21 bits per heavy atom. The molecule has 0 N–H and O–H groups in total. The summed E-state index contributed by atoms with van der Waals surface area (Å²) in [7, 11) is 0. The van der Waals surface area contributed by atoms with Crippen LogP contribution in [0.4, 0.5) is 0 Å². The number of nitrogens with zero attached hydrogens (tertiary/aromatic N) is 2. The van der Waals surface area contributed by atoms with E-state index >= 15 is 0 Å². The molecule has 1 heterocycles. The molecule has 0 aliphatic heterocycles. The fraction of sp³-hybridized carbons (Fsp3) is 0.0345. The van der Waals surface area contributed by atoms with Gasteiger partial charge in [-0.3, -0.25) is 0 Å². The number of halogens is 1. The van der Waals surface area contributed by atoms with E-state index in [1.165, 1.54) is 0 Å². The van der Waals surface area contributed by atoms with Crippen molar-refractivity contribution >= 4 is 44.6 Å². The number of carbonyl (C=O) groups is 1. The first kappa shape index (κ1) is 21.9. The number of carbonyl (C=O) groups excluding carboxylic acids is 1. The summed E-state index contributed by atoms with van der Waals surface area (Å²) in [4.78, 5) is 18.2. The minimum atomic E-state index is -0.431. The van der Waals surface area contributed by atoms with Crippen molar-refractivity contribution in [2.24, 2.45) is 0 Å². The Kier molecular flexibility index (Phi) is 6.36. The summed E-state index contributed by atoms with van der Waals surface area (Å²) in [6.45, 7) is 0.620. The lowest BCUT2D eigenvalue weighted by atomic mass is 10.1. The highest BCUT2D eigenvalue weighted by atomic mass is 79.9. The molecular formula is C29H21BrN2O2. The van der Waals surface area contributed by atoms with Crippen LogP contribution in [0.5, 0.6) is 5.75 Å². The Balaban J connectivity index is 1.61. The van der Waals surface area contributed by atoms with Gasteiger partial charge >= 0.3 is 5.97 Å². The zero-order valence-electron chi connectivity index (χ0n) is 18.3. The molecule has 0 unspecified atom stereocenters. The lowest BCUT2D eigenvalue weighted by Crippen LogP contribution is -2.11. The molecule has 166 valence electrons. The number of esters is 1. The molecule has 4 aromatic carbocycles. The van der Waals surface area contributed by atoms with Gasteiger partial charge in [0.25, 0.3) is 0 Å². The first-order valence-corrected chi connectivity index (χ1v) is 11.7. The number of para-hydroxylation sites is 3. The van der Waals surface area contributed by atoms with Gasteiger partial charge in [0, 0.05) is 11.0 Å². The largest absolute Gasteiger partial charge is 0.423 e. The SMILES string of the molecule is O=C(Oc1ccccc1)/C(=C/c1nc2ccccc2n1Cc1ccc(Br)cc1)c1ccccc1. The molecule has 5 rings (SSSR count). The number of benzene rings is 4. The van der Waals surface area contributed by atoms with Crippen LogP contribution in [0.3, 0.4) is 0 Å². The van der Waals surface area contributed by atoms with Crippen LogP contribution < -0.4 is 4.74 Å². The predicted molar refractivity (Wildman–Crippen MR) is 139 cm³/mol. The molecule has 0 radical (unpaired) electrons.